The van der Waals surface area contributed by atoms with Crippen molar-refractivity contribution < 1.29 is 29.9 Å². The van der Waals surface area contributed by atoms with E-state index in [4.69, 9.17) is 19.4 Å². The van der Waals surface area contributed by atoms with E-state index in [0.717, 1.165) is 38.9 Å². The van der Waals surface area contributed by atoms with E-state index in [2.05, 4.69) is 59.5 Å². The van der Waals surface area contributed by atoms with Gasteiger partial charge in [0.25, 0.3) is 0 Å². The van der Waals surface area contributed by atoms with Crippen LogP contribution in [0.3, 0.4) is 0 Å². The number of phenolic OH excluding ortho intramolecular Hbond substituents is 5. The number of nitrogens with zero attached hydrogens (tertiary/aromatic N) is 4. The molecule has 0 bridgehead atoms. The van der Waals surface area contributed by atoms with Crippen LogP contribution < -0.4 is 4.90 Å². The zero-order valence-corrected chi connectivity index (χ0v) is 28.9. The molecule has 8 aromatic rings. The summed E-state index contributed by atoms with van der Waals surface area (Å²) in [5.41, 5.74) is 7.00. The van der Waals surface area contributed by atoms with E-state index in [1.807, 2.05) is 60.7 Å². The fourth-order valence-electron chi connectivity index (χ4n) is 7.89. The number of fused-ring (bicyclic) bond motifs is 6. The van der Waals surface area contributed by atoms with Crippen molar-refractivity contribution in [3.05, 3.63) is 145 Å². The molecule has 1 aliphatic heterocycles. The molecule has 10 nitrogen and oxygen atoms in total. The third-order valence-electron chi connectivity index (χ3n) is 10.4. The van der Waals surface area contributed by atoms with Crippen molar-refractivity contribution >= 4 is 33.3 Å². The molecule has 10 rings (SSSR count). The second-order valence-corrected chi connectivity index (χ2v) is 13.5. The van der Waals surface area contributed by atoms with Crippen molar-refractivity contribution in [2.24, 2.45) is 0 Å². The van der Waals surface area contributed by atoms with Crippen molar-refractivity contribution in [3.63, 3.8) is 0 Å². The van der Waals surface area contributed by atoms with Crippen LogP contribution in [0.15, 0.2) is 144 Å². The Labute approximate surface area is 313 Å². The molecule has 2 atom stereocenters. The van der Waals surface area contributed by atoms with Crippen molar-refractivity contribution in [1.82, 2.24) is 15.0 Å². The highest BCUT2D eigenvalue weighted by Gasteiger charge is 2.38. The number of allylic oxidation sites excluding steroid dienone is 2. The summed E-state index contributed by atoms with van der Waals surface area (Å²) >= 11 is 0. The van der Waals surface area contributed by atoms with Gasteiger partial charge in [-0.25, -0.2) is 15.0 Å². The molecule has 2 unspecified atom stereocenters. The maximum absolute atomic E-state index is 10.6. The fourth-order valence-corrected chi connectivity index (χ4v) is 7.89. The highest BCUT2D eigenvalue weighted by atomic mass is 16.4. The summed E-state index contributed by atoms with van der Waals surface area (Å²) < 4.78 is 6.55. The lowest BCUT2D eigenvalue weighted by molar-refractivity contribution is 0.330. The van der Waals surface area contributed by atoms with Gasteiger partial charge in [0.05, 0.1) is 22.7 Å². The number of aromatic hydroxyl groups is 5. The molecule has 2 aliphatic rings. The highest BCUT2D eigenvalue weighted by molar-refractivity contribution is 6.17. The summed E-state index contributed by atoms with van der Waals surface area (Å²) in [6, 6.07) is 36.8. The number of aromatic nitrogens is 3. The van der Waals surface area contributed by atoms with Crippen molar-refractivity contribution in [2.45, 2.75) is 12.0 Å². The third-order valence-corrected chi connectivity index (χ3v) is 10.4. The molecule has 6 aromatic carbocycles. The number of furan rings is 1. The molecule has 3 heterocycles. The van der Waals surface area contributed by atoms with Crippen LogP contribution in [0.5, 0.6) is 28.7 Å². The lowest BCUT2D eigenvalue weighted by atomic mass is 9.91. The first-order valence-corrected chi connectivity index (χ1v) is 17.7. The van der Waals surface area contributed by atoms with E-state index in [-0.39, 0.29) is 23.1 Å². The number of hydrogen-bond donors (Lipinski definition) is 5. The van der Waals surface area contributed by atoms with Gasteiger partial charge in [0.15, 0.2) is 29.0 Å². The smallest absolute Gasteiger partial charge is 0.208 e. The van der Waals surface area contributed by atoms with Crippen LogP contribution in [-0.2, 0) is 0 Å². The van der Waals surface area contributed by atoms with Crippen LogP contribution in [0, 0.1) is 0 Å². The normalized spacial score (nSPS) is 15.8. The number of para-hydroxylation sites is 1. The van der Waals surface area contributed by atoms with E-state index in [1.54, 1.807) is 24.3 Å². The Morgan fingerprint density at radius 3 is 1.78 bits per heavy atom. The van der Waals surface area contributed by atoms with Crippen LogP contribution in [0.2, 0.25) is 0 Å². The van der Waals surface area contributed by atoms with Crippen LogP contribution in [0.4, 0.5) is 11.4 Å². The van der Waals surface area contributed by atoms with Crippen LogP contribution >= 0.6 is 0 Å². The average Bonchev–Trinajstić information content (AvgIpc) is 3.79. The Morgan fingerprint density at radius 2 is 1.04 bits per heavy atom. The van der Waals surface area contributed by atoms with Gasteiger partial charge >= 0.3 is 0 Å². The first-order chi connectivity index (χ1) is 26.9. The Balaban J connectivity index is 1.16. The summed E-state index contributed by atoms with van der Waals surface area (Å²) in [4.78, 5) is 17.3. The summed E-state index contributed by atoms with van der Waals surface area (Å²) in [5, 5.41) is 53.1. The molecular formula is C45H30N4O6. The molecule has 1 aliphatic carbocycles. The summed E-state index contributed by atoms with van der Waals surface area (Å²) in [7, 11) is 0. The van der Waals surface area contributed by atoms with Crippen molar-refractivity contribution in [3.8, 4) is 74.0 Å². The van der Waals surface area contributed by atoms with Gasteiger partial charge in [0, 0.05) is 33.7 Å². The second kappa shape index (κ2) is 12.2. The average molecular weight is 723 g/mol. The number of benzene rings is 6. The zero-order chi connectivity index (χ0) is 37.4. The first-order valence-electron chi connectivity index (χ1n) is 17.7. The van der Waals surface area contributed by atoms with Crippen LogP contribution in [0.1, 0.15) is 11.5 Å². The maximum Gasteiger partial charge on any atom is 0.208 e. The molecule has 0 radical (unpaired) electrons. The summed E-state index contributed by atoms with van der Waals surface area (Å²) in [6.45, 7) is 0. The van der Waals surface area contributed by atoms with E-state index >= 15 is 0 Å². The lowest BCUT2D eigenvalue weighted by Gasteiger charge is -2.29. The van der Waals surface area contributed by atoms with Gasteiger partial charge in [-0.05, 0) is 35.4 Å². The number of anilines is 2. The van der Waals surface area contributed by atoms with Crippen LogP contribution in [-0.4, -0.2) is 46.5 Å². The molecule has 0 fully saturated rings. The SMILES string of the molecule is Oc1c(O)c(O)c(-c2ccc(-c3nc(-c4ccccc4)nc(-c4cccc5oc6cccc(N7c8ccccc8C8C=CC=CC87)c6c45)n3)cc2)c(O)c1O. The molecule has 55 heavy (non-hydrogen) atoms. The minimum atomic E-state index is -1.02. The Kier molecular flexibility index (Phi) is 7.14. The Bertz CT molecular complexity index is 2870. The number of rotatable bonds is 5. The van der Waals surface area contributed by atoms with Gasteiger partial charge in [-0.2, -0.15) is 0 Å². The van der Waals surface area contributed by atoms with Gasteiger partial charge in [-0.1, -0.05) is 115 Å². The quantitative estimate of drug-likeness (QED) is 0.0856. The van der Waals surface area contributed by atoms with Gasteiger partial charge in [0.2, 0.25) is 17.2 Å². The van der Waals surface area contributed by atoms with E-state index in [1.165, 1.54) is 5.56 Å². The molecule has 0 spiro atoms. The summed E-state index contributed by atoms with van der Waals surface area (Å²) in [5.74, 6) is -3.03. The molecule has 0 saturated carbocycles. The first kappa shape index (κ1) is 32.1. The van der Waals surface area contributed by atoms with Gasteiger partial charge < -0.3 is 34.8 Å². The van der Waals surface area contributed by atoms with E-state index < -0.39 is 28.7 Å². The number of hydrogen-bond acceptors (Lipinski definition) is 10. The predicted molar refractivity (Wildman–Crippen MR) is 211 cm³/mol. The minimum absolute atomic E-state index is 0.0832. The van der Waals surface area contributed by atoms with E-state index in [9.17, 15) is 25.5 Å². The van der Waals surface area contributed by atoms with Gasteiger partial charge in [-0.3, -0.25) is 0 Å². The third kappa shape index (κ3) is 4.92. The minimum Gasteiger partial charge on any atom is -0.504 e. The standard InChI is InChI=1S/C45H30N4O6/c50-38-35(39(51)41(53)42(54)40(38)52)24-20-22-26(23-21-24)44-46-43(25-10-2-1-3-11-25)47-45(48-44)29-14-8-18-33-36(29)37-32(17-9-19-34(37)55-33)49-30-15-6-4-12-27(30)28-13-5-7-16-31(28)49/h1-23,27,30,50-54H. The Hall–Kier alpha value is -7.59. The predicted octanol–water partition coefficient (Wildman–Crippen LogP) is 9.70. The summed E-state index contributed by atoms with van der Waals surface area (Å²) in [6.07, 6.45) is 8.72. The number of phenols is 5. The van der Waals surface area contributed by atoms with Crippen molar-refractivity contribution in [1.29, 1.82) is 0 Å². The molecule has 10 heteroatoms. The largest absolute Gasteiger partial charge is 0.504 e. The highest BCUT2D eigenvalue weighted by Crippen LogP contribution is 2.55. The van der Waals surface area contributed by atoms with Gasteiger partial charge in [0.1, 0.15) is 11.2 Å². The molecular weight excluding hydrogens is 693 g/mol. The lowest BCUT2D eigenvalue weighted by Crippen LogP contribution is -2.28. The van der Waals surface area contributed by atoms with Crippen LogP contribution in [0.25, 0.3) is 67.2 Å². The molecule has 0 amide bonds. The second-order valence-electron chi connectivity index (χ2n) is 13.5. The van der Waals surface area contributed by atoms with E-state index in [0.29, 0.717) is 28.6 Å². The fraction of sp³-hybridized carbons (Fsp3) is 0.0444. The Morgan fingerprint density at radius 1 is 0.473 bits per heavy atom. The molecule has 0 saturated heterocycles. The molecule has 266 valence electrons. The monoisotopic (exact) mass is 722 g/mol. The zero-order valence-electron chi connectivity index (χ0n) is 28.9. The topological polar surface area (TPSA) is 156 Å². The maximum atomic E-state index is 10.6. The molecule has 5 N–H and O–H groups in total. The van der Waals surface area contributed by atoms with Gasteiger partial charge in [-0.15, -0.1) is 0 Å². The molecule has 2 aromatic heterocycles. The van der Waals surface area contributed by atoms with Crippen molar-refractivity contribution in [2.75, 3.05) is 4.90 Å².